The highest BCUT2D eigenvalue weighted by Gasteiger charge is 2.50. The van der Waals surface area contributed by atoms with Crippen LogP contribution in [0.1, 0.15) is 43.0 Å². The van der Waals surface area contributed by atoms with E-state index in [2.05, 4.69) is 0 Å². The Morgan fingerprint density at radius 3 is 1.95 bits per heavy atom. The van der Waals surface area contributed by atoms with E-state index in [1.54, 1.807) is 24.3 Å². The van der Waals surface area contributed by atoms with E-state index in [9.17, 15) is 50.0 Å². The van der Waals surface area contributed by atoms with Crippen molar-refractivity contribution in [2.45, 2.75) is 93.1 Å². The molecule has 0 aliphatic carbocycles. The van der Waals surface area contributed by atoms with Crippen LogP contribution in [0.25, 0.3) is 11.1 Å². The SMILES string of the molecule is CCC(O)c1ccc(F)cc1.O=C1CC(c2ccc(-c3ccc(OSCC4OC(CO)C(OC5OC(CO)C(O)C(O)C5O)C(O)C4O)cc3)cc2)N1c1ccccc1. The van der Waals surface area contributed by atoms with E-state index in [4.69, 9.17) is 18.4 Å². The van der Waals surface area contributed by atoms with Crippen LogP contribution in [0.2, 0.25) is 0 Å². The van der Waals surface area contributed by atoms with Crippen LogP contribution in [0, 0.1) is 5.82 Å². The molecule has 0 saturated carbocycles. The Hall–Kier alpha value is -4.01. The molecule has 4 aromatic rings. The van der Waals surface area contributed by atoms with Gasteiger partial charge >= 0.3 is 0 Å². The van der Waals surface area contributed by atoms with Gasteiger partial charge in [-0.1, -0.05) is 73.7 Å². The number of benzene rings is 4. The molecule has 3 heterocycles. The maximum absolute atomic E-state index is 12.4. The van der Waals surface area contributed by atoms with Crippen LogP contribution in [0.5, 0.6) is 5.75 Å². The molecular formula is C43H50FNO13S. The number of nitrogens with zero attached hydrogens (tertiary/aromatic N) is 1. The Bertz CT molecular complexity index is 1910. The first-order valence-electron chi connectivity index (χ1n) is 19.3. The third kappa shape index (κ3) is 10.5. The number of para-hydroxylation sites is 1. The normalized spacial score (nSPS) is 29.8. The fourth-order valence-corrected chi connectivity index (χ4v) is 7.82. The largest absolute Gasteiger partial charge is 0.426 e. The van der Waals surface area contributed by atoms with Crippen LogP contribution in [-0.2, 0) is 19.0 Å². The van der Waals surface area contributed by atoms with Crippen molar-refractivity contribution in [2.24, 2.45) is 0 Å². The highest BCUT2D eigenvalue weighted by Crippen LogP contribution is 2.39. The number of aliphatic hydroxyl groups excluding tert-OH is 8. The Labute approximate surface area is 345 Å². The van der Waals surface area contributed by atoms with Crippen LogP contribution < -0.4 is 9.08 Å². The van der Waals surface area contributed by atoms with Gasteiger partial charge in [-0.3, -0.25) is 4.79 Å². The van der Waals surface area contributed by atoms with Crippen molar-refractivity contribution in [1.29, 1.82) is 0 Å². The van der Waals surface area contributed by atoms with Gasteiger partial charge in [0.15, 0.2) is 6.29 Å². The number of rotatable bonds is 13. The molecule has 0 aromatic heterocycles. The molecule has 8 N–H and O–H groups in total. The Kier molecular flexibility index (Phi) is 15.5. The number of aliphatic hydroxyl groups is 8. The molecule has 14 nitrogen and oxygen atoms in total. The number of halogens is 1. The fourth-order valence-electron chi connectivity index (χ4n) is 7.09. The zero-order valence-electron chi connectivity index (χ0n) is 32.1. The number of carbonyl (C=O) groups is 1. The first-order chi connectivity index (χ1) is 28.4. The van der Waals surface area contributed by atoms with Gasteiger partial charge in [-0.15, -0.1) is 0 Å². The maximum Gasteiger partial charge on any atom is 0.230 e. The highest BCUT2D eigenvalue weighted by molar-refractivity contribution is 7.95. The second kappa shape index (κ2) is 20.5. The summed E-state index contributed by atoms with van der Waals surface area (Å²) in [6, 6.07) is 31.1. The molecule has 0 spiro atoms. The molecule has 0 radical (unpaired) electrons. The smallest absolute Gasteiger partial charge is 0.230 e. The van der Waals surface area contributed by atoms with Crippen LogP contribution in [0.3, 0.4) is 0 Å². The van der Waals surface area contributed by atoms with Crippen LogP contribution >= 0.6 is 12.0 Å². The number of β-lactam (4-membered cyclic amide) rings is 1. The predicted octanol–water partition coefficient (Wildman–Crippen LogP) is 2.79. The zero-order chi connectivity index (χ0) is 42.2. The lowest BCUT2D eigenvalue weighted by atomic mass is 9.91. The average molecular weight is 840 g/mol. The number of amides is 1. The molecule has 12 unspecified atom stereocenters. The summed E-state index contributed by atoms with van der Waals surface area (Å²) in [4.78, 5) is 14.1. The standard InChI is InChI=1S/C34H39NO12S.C9H11FO/c36-15-24-28(39)30(41)32(43)34(45-24)46-33-25(16-37)44-26(29(40)31(33)42)17-48-47-22-12-10-19(11-13-22)18-6-8-20(9-7-18)23-14-27(38)35(23)21-4-2-1-3-5-21;1-2-9(11)7-3-5-8(10)6-4-7/h1-13,23-26,28-34,36-37,39-43H,14-17H2;3-6,9,11H,2H2,1H3. The summed E-state index contributed by atoms with van der Waals surface area (Å²) >= 11 is 0.982. The summed E-state index contributed by atoms with van der Waals surface area (Å²) < 4.78 is 34.9. The summed E-state index contributed by atoms with van der Waals surface area (Å²) in [7, 11) is 0. The molecule has 3 fully saturated rings. The second-order valence-corrected chi connectivity index (χ2v) is 15.2. The summed E-state index contributed by atoms with van der Waals surface area (Å²) in [5, 5.41) is 80.6. The first kappa shape index (κ1) is 44.5. The number of hydrogen-bond acceptors (Lipinski definition) is 14. The minimum absolute atomic E-state index is 0.00282. The van der Waals surface area contributed by atoms with Gasteiger partial charge in [-0.2, -0.15) is 0 Å². The lowest BCUT2D eigenvalue weighted by Crippen LogP contribution is -2.64. The van der Waals surface area contributed by atoms with E-state index >= 15 is 0 Å². The van der Waals surface area contributed by atoms with E-state index in [0.29, 0.717) is 18.6 Å². The van der Waals surface area contributed by atoms with E-state index in [0.717, 1.165) is 40.0 Å². The molecular weight excluding hydrogens is 790 g/mol. The highest BCUT2D eigenvalue weighted by atomic mass is 32.2. The topological polar surface area (TPSA) is 219 Å². The van der Waals surface area contributed by atoms with E-state index in [-0.39, 0.29) is 23.5 Å². The predicted molar refractivity (Wildman–Crippen MR) is 214 cm³/mol. The first-order valence-corrected chi connectivity index (χ1v) is 20.2. The third-order valence-electron chi connectivity index (χ3n) is 10.6. The fraction of sp³-hybridized carbons (Fsp3) is 0.419. The van der Waals surface area contributed by atoms with Crippen molar-refractivity contribution >= 4 is 23.6 Å². The molecule has 3 aliphatic rings. The monoisotopic (exact) mass is 839 g/mol. The van der Waals surface area contributed by atoms with Gasteiger partial charge in [0.05, 0.1) is 55.7 Å². The van der Waals surface area contributed by atoms with Crippen LogP contribution in [0.15, 0.2) is 103 Å². The Balaban J connectivity index is 0.000000461. The summed E-state index contributed by atoms with van der Waals surface area (Å²) in [5.41, 5.74) is 4.68. The molecule has 0 bridgehead atoms. The molecule has 4 aromatic carbocycles. The van der Waals surface area contributed by atoms with Gasteiger partial charge in [-0.05, 0) is 65.1 Å². The Morgan fingerprint density at radius 2 is 1.36 bits per heavy atom. The van der Waals surface area contributed by atoms with Gasteiger partial charge < -0.3 is 64.1 Å². The van der Waals surface area contributed by atoms with Gasteiger partial charge in [0.2, 0.25) is 5.91 Å². The molecule has 318 valence electrons. The number of anilines is 1. The lowest BCUT2D eigenvalue weighted by Gasteiger charge is -2.46. The molecule has 16 heteroatoms. The summed E-state index contributed by atoms with van der Waals surface area (Å²) in [6.07, 6.45) is -13.7. The average Bonchev–Trinajstić information content (AvgIpc) is 3.26. The third-order valence-corrected chi connectivity index (χ3v) is 11.4. The van der Waals surface area contributed by atoms with Gasteiger partial charge in [-0.25, -0.2) is 4.39 Å². The maximum atomic E-state index is 12.4. The van der Waals surface area contributed by atoms with E-state index in [1.165, 1.54) is 12.1 Å². The van der Waals surface area contributed by atoms with E-state index < -0.39 is 80.5 Å². The molecule has 7 rings (SSSR count). The van der Waals surface area contributed by atoms with Crippen molar-refractivity contribution in [3.8, 4) is 16.9 Å². The molecule has 59 heavy (non-hydrogen) atoms. The minimum Gasteiger partial charge on any atom is -0.426 e. The number of ether oxygens (including phenoxy) is 3. The van der Waals surface area contributed by atoms with Crippen LogP contribution in [0.4, 0.5) is 10.1 Å². The van der Waals surface area contributed by atoms with Crippen molar-refractivity contribution in [3.63, 3.8) is 0 Å². The van der Waals surface area contributed by atoms with Crippen molar-refractivity contribution in [3.05, 3.63) is 120 Å². The van der Waals surface area contributed by atoms with Gasteiger partial charge in [0.1, 0.15) is 60.4 Å². The van der Waals surface area contributed by atoms with Gasteiger partial charge in [0, 0.05) is 5.69 Å². The molecule has 3 saturated heterocycles. The zero-order valence-corrected chi connectivity index (χ0v) is 32.9. The molecule has 1 amide bonds. The molecule has 3 aliphatic heterocycles. The van der Waals surface area contributed by atoms with E-state index in [1.807, 2.05) is 78.6 Å². The second-order valence-electron chi connectivity index (χ2n) is 14.5. The lowest BCUT2D eigenvalue weighted by molar-refractivity contribution is -0.341. The Morgan fingerprint density at radius 1 is 0.746 bits per heavy atom. The number of hydrogen-bond donors (Lipinski definition) is 8. The van der Waals surface area contributed by atoms with Crippen LogP contribution in [-0.4, -0.2) is 127 Å². The van der Waals surface area contributed by atoms with Gasteiger partial charge in [0.25, 0.3) is 0 Å². The summed E-state index contributed by atoms with van der Waals surface area (Å²) in [6.45, 7) is 0.600. The quantitative estimate of drug-likeness (QED) is 0.0718. The van der Waals surface area contributed by atoms with Crippen molar-refractivity contribution < 1.29 is 68.4 Å². The van der Waals surface area contributed by atoms with Crippen molar-refractivity contribution in [1.82, 2.24) is 0 Å². The number of carbonyl (C=O) groups excluding carboxylic acids is 1. The summed E-state index contributed by atoms with van der Waals surface area (Å²) in [5.74, 6) is 0.453. The molecule has 12 atom stereocenters. The minimum atomic E-state index is -1.73. The van der Waals surface area contributed by atoms with Crippen molar-refractivity contribution in [2.75, 3.05) is 23.9 Å².